The summed E-state index contributed by atoms with van der Waals surface area (Å²) in [6, 6.07) is 134. The molecule has 0 bridgehead atoms. The number of para-hydroxylation sites is 10. The third kappa shape index (κ3) is 11.0. The van der Waals surface area contributed by atoms with Crippen LogP contribution in [0.3, 0.4) is 0 Å². The summed E-state index contributed by atoms with van der Waals surface area (Å²) < 4.78 is 25.9. The molecule has 9 aromatic heterocycles. The molecule has 24 rings (SSSR count). The Hall–Kier alpha value is -15.5. The molecule has 0 radical (unpaired) electrons. The van der Waals surface area contributed by atoms with Crippen LogP contribution in [0.1, 0.15) is 0 Å². The van der Waals surface area contributed by atoms with Crippen molar-refractivity contribution in [2.75, 3.05) is 0 Å². The maximum atomic E-state index is 6.30. The van der Waals surface area contributed by atoms with Crippen molar-refractivity contribution in [2.45, 2.75) is 0 Å². The highest BCUT2D eigenvalue weighted by atomic mass is 16.3. The Morgan fingerprint density at radius 1 is 0.184 bits per heavy atom. The molecule has 0 amide bonds. The largest absolute Gasteiger partial charge is 0.454 e. The Morgan fingerprint density at radius 3 is 0.877 bits per heavy atom. The van der Waals surface area contributed by atoms with Crippen molar-refractivity contribution in [3.8, 4) is 83.8 Å². The minimum absolute atomic E-state index is 0.821. The van der Waals surface area contributed by atoms with E-state index in [1.54, 1.807) is 0 Å². The molecule has 0 aliphatic carbocycles. The summed E-state index contributed by atoms with van der Waals surface area (Å²) in [5, 5.41) is 10.7. The SMILES string of the molecule is c1cc(-c2ccc(-n3c4ccccc4c4ccccc43)cc2)cc(-c2ccnc3c2oc2ccccc23)c1.c1cc(-c2cccc(-n3c4ccccc4c4ccccc43)c2)cc(-c2ccnc3c2oc2ccccc23)c1.c1cc(-c2ccccc2-n2c3ccccc3c3ccccc32)cc(-c2ccnc3c2oc2ccccc23)c1. The van der Waals surface area contributed by atoms with Crippen molar-refractivity contribution < 1.29 is 13.3 Å². The molecule has 0 atom stereocenters. The topological polar surface area (TPSA) is 92.9 Å². The average Bonchev–Trinajstić information content (AvgIpc) is 1.56. The first-order valence-corrected chi connectivity index (χ1v) is 38.4. The van der Waals surface area contributed by atoms with E-state index in [-0.39, 0.29) is 0 Å². The lowest BCUT2D eigenvalue weighted by Crippen LogP contribution is -1.97. The molecular formula is C105H66N6O3. The molecule has 9 nitrogen and oxygen atoms in total. The molecule has 9 heteroatoms. The molecule has 0 N–H and O–H groups in total. The lowest BCUT2D eigenvalue weighted by atomic mass is 9.97. The van der Waals surface area contributed by atoms with Gasteiger partial charge in [-0.1, -0.05) is 243 Å². The van der Waals surface area contributed by atoms with Crippen molar-refractivity contribution in [1.29, 1.82) is 0 Å². The molecule has 0 aliphatic rings. The number of fused-ring (bicyclic) bond motifs is 18. The zero-order valence-corrected chi connectivity index (χ0v) is 61.5. The second-order valence-corrected chi connectivity index (χ2v) is 28.9. The van der Waals surface area contributed by atoms with Crippen LogP contribution >= 0.6 is 0 Å². The van der Waals surface area contributed by atoms with Gasteiger partial charge in [-0.2, -0.15) is 0 Å². The maximum Gasteiger partial charge on any atom is 0.161 e. The number of rotatable bonds is 9. The zero-order valence-electron chi connectivity index (χ0n) is 61.5. The fraction of sp³-hybridized carbons (Fsp3) is 0. The summed E-state index contributed by atoms with van der Waals surface area (Å²) in [7, 11) is 0. The number of furan rings is 3. The summed E-state index contributed by atoms with van der Waals surface area (Å²) in [5.74, 6) is 0. The van der Waals surface area contributed by atoms with Crippen LogP contribution in [0.25, 0.3) is 215 Å². The molecule has 0 aliphatic heterocycles. The van der Waals surface area contributed by atoms with Crippen LogP contribution in [-0.4, -0.2) is 28.7 Å². The summed E-state index contributed by atoms with van der Waals surface area (Å²) in [4.78, 5) is 13.9. The van der Waals surface area contributed by atoms with Crippen molar-refractivity contribution >= 4 is 132 Å². The third-order valence-electron chi connectivity index (χ3n) is 22.4. The van der Waals surface area contributed by atoms with Crippen LogP contribution in [0.2, 0.25) is 0 Å². The predicted molar refractivity (Wildman–Crippen MR) is 470 cm³/mol. The fourth-order valence-electron chi connectivity index (χ4n) is 17.2. The van der Waals surface area contributed by atoms with Gasteiger partial charge < -0.3 is 27.0 Å². The lowest BCUT2D eigenvalue weighted by Gasteiger charge is -2.15. The van der Waals surface area contributed by atoms with Crippen molar-refractivity contribution in [2.24, 2.45) is 0 Å². The summed E-state index contributed by atoms with van der Waals surface area (Å²) in [6.45, 7) is 0. The molecular weight excluding hydrogens is 1390 g/mol. The smallest absolute Gasteiger partial charge is 0.161 e. The molecule has 15 aromatic carbocycles. The van der Waals surface area contributed by atoms with Crippen molar-refractivity contribution in [3.63, 3.8) is 0 Å². The lowest BCUT2D eigenvalue weighted by molar-refractivity contribution is 0.669. The Labute approximate surface area is 654 Å². The number of hydrogen-bond acceptors (Lipinski definition) is 6. The van der Waals surface area contributed by atoms with Gasteiger partial charge in [0.05, 0.1) is 38.8 Å². The molecule has 114 heavy (non-hydrogen) atoms. The first-order valence-electron chi connectivity index (χ1n) is 38.4. The average molecular weight is 1460 g/mol. The van der Waals surface area contributed by atoms with E-state index in [9.17, 15) is 0 Å². The van der Waals surface area contributed by atoms with Gasteiger partial charge >= 0.3 is 0 Å². The van der Waals surface area contributed by atoms with Gasteiger partial charge in [-0.25, -0.2) is 0 Å². The first kappa shape index (κ1) is 65.6. The highest BCUT2D eigenvalue weighted by Crippen LogP contribution is 2.44. The predicted octanol–water partition coefficient (Wildman–Crippen LogP) is 28.2. The molecule has 0 saturated heterocycles. The van der Waals surface area contributed by atoms with Crippen LogP contribution < -0.4 is 0 Å². The van der Waals surface area contributed by atoms with Gasteiger partial charge in [0.15, 0.2) is 16.7 Å². The van der Waals surface area contributed by atoms with Crippen LogP contribution in [0.15, 0.2) is 414 Å². The maximum absolute atomic E-state index is 6.30. The van der Waals surface area contributed by atoms with Crippen molar-refractivity contribution in [1.82, 2.24) is 28.7 Å². The summed E-state index contributed by atoms with van der Waals surface area (Å²) >= 11 is 0. The van der Waals surface area contributed by atoms with Crippen molar-refractivity contribution in [3.05, 3.63) is 401 Å². The van der Waals surface area contributed by atoms with E-state index in [0.29, 0.717) is 0 Å². The molecule has 534 valence electrons. The van der Waals surface area contributed by atoms with Gasteiger partial charge in [-0.3, -0.25) is 15.0 Å². The number of aromatic nitrogens is 6. The van der Waals surface area contributed by atoms with E-state index < -0.39 is 0 Å². The van der Waals surface area contributed by atoms with E-state index in [2.05, 4.69) is 338 Å². The standard InChI is InChI=1S/3C35H22N2O/c1-5-16-30(37-31-17-6-2-13-27(31)28-14-3-7-18-32(28)37)25(12-1)23-10-9-11-24(22-23)26-20-21-36-34-29-15-4-8-19-33(29)38-35(26)34;1-4-16-31-28(13-1)29-14-2-5-17-32(29)37(31)26-12-8-10-24(22-26)23-9-7-11-25(21-23)27-19-20-36-34-30-15-3-6-18-33(30)38-35(27)34;1-4-13-31-28(10-1)29-11-2-5-14-32(29)37(31)26-18-16-23(17-19-26)24-8-7-9-25(22-24)27-20-21-36-34-30-12-3-6-15-33(30)38-35(27)34/h3*1-22H. The molecule has 0 fully saturated rings. The van der Waals surface area contributed by atoms with E-state index in [1.165, 1.54) is 82.1 Å². The molecule has 0 unspecified atom stereocenters. The zero-order chi connectivity index (χ0) is 75.2. The van der Waals surface area contributed by atoms with E-state index >= 15 is 0 Å². The van der Waals surface area contributed by atoms with Crippen LogP contribution in [0.4, 0.5) is 0 Å². The van der Waals surface area contributed by atoms with E-state index in [0.717, 1.165) is 133 Å². The van der Waals surface area contributed by atoms with Gasteiger partial charge in [-0.15, -0.1) is 0 Å². The first-order chi connectivity index (χ1) is 56.6. The fourth-order valence-corrected chi connectivity index (χ4v) is 17.2. The summed E-state index contributed by atoms with van der Waals surface area (Å²) in [5.41, 5.74) is 31.9. The Balaban J connectivity index is 0.000000104. The van der Waals surface area contributed by atoms with E-state index in [4.69, 9.17) is 13.3 Å². The Kier molecular flexibility index (Phi) is 15.7. The van der Waals surface area contributed by atoms with Gasteiger partial charge in [0, 0.05) is 101 Å². The quantitative estimate of drug-likeness (QED) is 0.143. The Bertz CT molecular complexity index is 7740. The normalized spacial score (nSPS) is 11.7. The summed E-state index contributed by atoms with van der Waals surface area (Å²) in [6.07, 6.45) is 5.61. The number of hydrogen-bond donors (Lipinski definition) is 0. The van der Waals surface area contributed by atoms with Gasteiger partial charge in [0.25, 0.3) is 0 Å². The molecule has 24 aromatic rings. The van der Waals surface area contributed by atoms with E-state index in [1.807, 2.05) is 91.4 Å². The number of nitrogens with zero attached hydrogens (tertiary/aromatic N) is 6. The van der Waals surface area contributed by atoms with Gasteiger partial charge in [-0.05, 0) is 184 Å². The van der Waals surface area contributed by atoms with Crippen LogP contribution in [0, 0.1) is 0 Å². The number of pyridine rings is 3. The highest BCUT2D eigenvalue weighted by Gasteiger charge is 2.22. The molecule has 0 spiro atoms. The second-order valence-electron chi connectivity index (χ2n) is 28.9. The monoisotopic (exact) mass is 1460 g/mol. The third-order valence-corrected chi connectivity index (χ3v) is 22.4. The minimum Gasteiger partial charge on any atom is -0.454 e. The molecule has 9 heterocycles. The Morgan fingerprint density at radius 2 is 0.474 bits per heavy atom. The van der Waals surface area contributed by atoms with Crippen LogP contribution in [-0.2, 0) is 0 Å². The van der Waals surface area contributed by atoms with Gasteiger partial charge in [0.2, 0.25) is 0 Å². The number of benzene rings is 15. The second kappa shape index (κ2) is 27.3. The molecule has 0 saturated carbocycles. The highest BCUT2D eigenvalue weighted by molar-refractivity contribution is 6.14. The van der Waals surface area contributed by atoms with Crippen LogP contribution in [0.5, 0.6) is 0 Å². The van der Waals surface area contributed by atoms with Gasteiger partial charge in [0.1, 0.15) is 33.3 Å². The minimum atomic E-state index is 0.821.